The summed E-state index contributed by atoms with van der Waals surface area (Å²) in [7, 11) is 1.59. The number of hydrogen-bond acceptors (Lipinski definition) is 4. The number of nitro groups is 1. The maximum atomic E-state index is 12.3. The van der Waals surface area contributed by atoms with Crippen LogP contribution in [-0.4, -0.2) is 32.6 Å². The molecule has 0 aliphatic heterocycles. The van der Waals surface area contributed by atoms with Crippen LogP contribution in [0, 0.1) is 10.1 Å². The molecule has 110 valence electrons. The summed E-state index contributed by atoms with van der Waals surface area (Å²) in [5.74, 6) is -0.378. The highest BCUT2D eigenvalue weighted by Gasteiger charge is 2.34. The topological polar surface area (TPSA) is 97.4 Å². The molecule has 0 aromatic carbocycles. The standard InChI is InChI=1S/C13H19N3O4/c1-15-8-10(16(19)20)7-11(15)12(18)14-13(9-17)5-3-2-4-6-13/h7-8,17H,2-6,9H2,1H3,(H,14,18). The largest absolute Gasteiger partial charge is 0.394 e. The monoisotopic (exact) mass is 281 g/mol. The van der Waals surface area contributed by atoms with Gasteiger partial charge in [-0.1, -0.05) is 19.3 Å². The van der Waals surface area contributed by atoms with Gasteiger partial charge in [0.1, 0.15) is 5.69 Å². The van der Waals surface area contributed by atoms with Gasteiger partial charge in [0.25, 0.3) is 11.6 Å². The Kier molecular flexibility index (Phi) is 4.08. The van der Waals surface area contributed by atoms with Crippen molar-refractivity contribution in [2.24, 2.45) is 7.05 Å². The van der Waals surface area contributed by atoms with Gasteiger partial charge in [0.05, 0.1) is 23.3 Å². The van der Waals surface area contributed by atoms with Gasteiger partial charge in [-0.25, -0.2) is 0 Å². The zero-order chi connectivity index (χ0) is 14.8. The maximum absolute atomic E-state index is 12.3. The van der Waals surface area contributed by atoms with Crippen molar-refractivity contribution in [3.63, 3.8) is 0 Å². The number of aliphatic hydroxyl groups excluding tert-OH is 1. The third-order valence-corrected chi connectivity index (χ3v) is 3.93. The zero-order valence-corrected chi connectivity index (χ0v) is 11.5. The quantitative estimate of drug-likeness (QED) is 0.643. The SMILES string of the molecule is Cn1cc([N+](=O)[O-])cc1C(=O)NC1(CO)CCCCC1. The van der Waals surface area contributed by atoms with Gasteiger partial charge in [-0.05, 0) is 12.8 Å². The van der Waals surface area contributed by atoms with Crippen molar-refractivity contribution >= 4 is 11.6 Å². The average Bonchev–Trinajstić information content (AvgIpc) is 2.82. The number of aryl methyl sites for hydroxylation is 1. The van der Waals surface area contributed by atoms with Crippen molar-refractivity contribution < 1.29 is 14.8 Å². The van der Waals surface area contributed by atoms with Crippen LogP contribution >= 0.6 is 0 Å². The number of carbonyl (C=O) groups is 1. The second-order valence-electron chi connectivity index (χ2n) is 5.40. The first-order chi connectivity index (χ1) is 9.47. The van der Waals surface area contributed by atoms with Crippen molar-refractivity contribution in [1.29, 1.82) is 0 Å². The zero-order valence-electron chi connectivity index (χ0n) is 11.5. The van der Waals surface area contributed by atoms with E-state index in [9.17, 15) is 20.0 Å². The fraction of sp³-hybridized carbons (Fsp3) is 0.615. The molecule has 0 bridgehead atoms. The Morgan fingerprint density at radius 3 is 2.65 bits per heavy atom. The summed E-state index contributed by atoms with van der Waals surface area (Å²) in [6, 6.07) is 1.25. The lowest BCUT2D eigenvalue weighted by Crippen LogP contribution is -2.52. The highest BCUT2D eigenvalue weighted by molar-refractivity contribution is 5.94. The Balaban J connectivity index is 2.16. The van der Waals surface area contributed by atoms with E-state index in [0.29, 0.717) is 0 Å². The van der Waals surface area contributed by atoms with E-state index in [4.69, 9.17) is 0 Å². The number of aliphatic hydroxyl groups is 1. The third kappa shape index (κ3) is 2.82. The summed E-state index contributed by atoms with van der Waals surface area (Å²) in [5.41, 5.74) is -0.469. The highest BCUT2D eigenvalue weighted by atomic mass is 16.6. The molecule has 1 heterocycles. The molecule has 7 heteroatoms. The number of hydrogen-bond donors (Lipinski definition) is 2. The second kappa shape index (κ2) is 5.62. The number of nitrogens with one attached hydrogen (secondary N) is 1. The van der Waals surface area contributed by atoms with Gasteiger partial charge < -0.3 is 15.0 Å². The highest BCUT2D eigenvalue weighted by Crippen LogP contribution is 2.28. The van der Waals surface area contributed by atoms with Crippen LogP contribution in [0.3, 0.4) is 0 Å². The first-order valence-electron chi connectivity index (χ1n) is 6.71. The Morgan fingerprint density at radius 1 is 1.50 bits per heavy atom. The molecule has 0 spiro atoms. The molecule has 7 nitrogen and oxygen atoms in total. The molecule has 0 unspecified atom stereocenters. The van der Waals surface area contributed by atoms with Gasteiger partial charge in [-0.15, -0.1) is 0 Å². The van der Waals surface area contributed by atoms with E-state index in [0.717, 1.165) is 32.1 Å². The number of carbonyl (C=O) groups excluding carboxylic acids is 1. The summed E-state index contributed by atoms with van der Waals surface area (Å²) in [6.45, 7) is -0.106. The van der Waals surface area contributed by atoms with E-state index < -0.39 is 10.5 Å². The minimum Gasteiger partial charge on any atom is -0.394 e. The van der Waals surface area contributed by atoms with Gasteiger partial charge in [0.15, 0.2) is 0 Å². The van der Waals surface area contributed by atoms with E-state index in [2.05, 4.69) is 5.32 Å². The average molecular weight is 281 g/mol. The normalized spacial score (nSPS) is 17.7. The van der Waals surface area contributed by atoms with Crippen LogP contribution in [0.25, 0.3) is 0 Å². The van der Waals surface area contributed by atoms with Gasteiger partial charge in [-0.3, -0.25) is 14.9 Å². The summed E-state index contributed by atoms with van der Waals surface area (Å²) in [4.78, 5) is 22.5. The van der Waals surface area contributed by atoms with Crippen molar-refractivity contribution in [3.8, 4) is 0 Å². The Hall–Kier alpha value is -1.89. The number of aromatic nitrogens is 1. The first-order valence-corrected chi connectivity index (χ1v) is 6.71. The molecule has 1 aromatic rings. The van der Waals surface area contributed by atoms with E-state index in [1.165, 1.54) is 16.8 Å². The molecule has 20 heavy (non-hydrogen) atoms. The molecular formula is C13H19N3O4. The number of amides is 1. The molecule has 1 aliphatic carbocycles. The van der Waals surface area contributed by atoms with Crippen molar-refractivity contribution in [2.75, 3.05) is 6.61 Å². The van der Waals surface area contributed by atoms with Crippen LogP contribution in [0.5, 0.6) is 0 Å². The summed E-state index contributed by atoms with van der Waals surface area (Å²) in [5, 5.41) is 23.1. The molecule has 1 aromatic heterocycles. The summed E-state index contributed by atoms with van der Waals surface area (Å²) >= 11 is 0. The van der Waals surface area contributed by atoms with Gasteiger partial charge in [0.2, 0.25) is 0 Å². The Bertz CT molecular complexity index is 518. The van der Waals surface area contributed by atoms with E-state index in [1.54, 1.807) is 7.05 Å². The van der Waals surface area contributed by atoms with Crippen molar-refractivity contribution in [1.82, 2.24) is 9.88 Å². The molecule has 0 atom stereocenters. The van der Waals surface area contributed by atoms with Crippen LogP contribution in [0.2, 0.25) is 0 Å². The van der Waals surface area contributed by atoms with Gasteiger partial charge in [0, 0.05) is 13.1 Å². The molecular weight excluding hydrogens is 262 g/mol. The van der Waals surface area contributed by atoms with E-state index >= 15 is 0 Å². The lowest BCUT2D eigenvalue weighted by atomic mass is 9.82. The molecule has 0 radical (unpaired) electrons. The molecule has 1 saturated carbocycles. The third-order valence-electron chi connectivity index (χ3n) is 3.93. The first kappa shape index (κ1) is 14.5. The predicted molar refractivity (Wildman–Crippen MR) is 72.4 cm³/mol. The minimum atomic E-state index is -0.589. The van der Waals surface area contributed by atoms with Gasteiger partial charge in [-0.2, -0.15) is 0 Å². The second-order valence-corrected chi connectivity index (χ2v) is 5.40. The van der Waals surface area contributed by atoms with Crippen LogP contribution in [-0.2, 0) is 7.05 Å². The fourth-order valence-electron chi connectivity index (χ4n) is 2.73. The molecule has 2 N–H and O–H groups in total. The van der Waals surface area contributed by atoms with Crippen LogP contribution in [0.1, 0.15) is 42.6 Å². The lowest BCUT2D eigenvalue weighted by Gasteiger charge is -2.36. The fourth-order valence-corrected chi connectivity index (χ4v) is 2.73. The molecule has 1 aliphatic rings. The molecule has 1 amide bonds. The number of nitrogens with zero attached hydrogens (tertiary/aromatic N) is 2. The smallest absolute Gasteiger partial charge is 0.287 e. The van der Waals surface area contributed by atoms with Crippen LogP contribution in [0.15, 0.2) is 12.3 Å². The summed E-state index contributed by atoms with van der Waals surface area (Å²) in [6.07, 6.45) is 5.82. The number of rotatable bonds is 4. The Labute approximate surface area is 116 Å². The predicted octanol–water partition coefficient (Wildman–Crippen LogP) is 1.36. The molecule has 2 rings (SSSR count). The van der Waals surface area contributed by atoms with Crippen LogP contribution < -0.4 is 5.32 Å². The lowest BCUT2D eigenvalue weighted by molar-refractivity contribution is -0.384. The van der Waals surface area contributed by atoms with Crippen molar-refractivity contribution in [3.05, 3.63) is 28.1 Å². The van der Waals surface area contributed by atoms with E-state index in [1.807, 2.05) is 0 Å². The molecule has 1 fully saturated rings. The van der Waals surface area contributed by atoms with Crippen LogP contribution in [0.4, 0.5) is 5.69 Å². The summed E-state index contributed by atoms with van der Waals surface area (Å²) < 4.78 is 1.43. The maximum Gasteiger partial charge on any atom is 0.287 e. The Morgan fingerprint density at radius 2 is 2.15 bits per heavy atom. The molecule has 0 saturated heterocycles. The van der Waals surface area contributed by atoms with E-state index in [-0.39, 0.29) is 23.9 Å². The van der Waals surface area contributed by atoms with Crippen molar-refractivity contribution in [2.45, 2.75) is 37.6 Å². The minimum absolute atomic E-state index is 0.106. The van der Waals surface area contributed by atoms with Gasteiger partial charge >= 0.3 is 0 Å².